The van der Waals surface area contributed by atoms with Crippen LogP contribution in [0.25, 0.3) is 0 Å². The molecule has 1 atom stereocenters. The first kappa shape index (κ1) is 15.0. The molecule has 0 saturated heterocycles. The molecule has 1 rings (SSSR count). The largest absolute Gasteiger partial charge is 0.352 e. The van der Waals surface area contributed by atoms with Crippen LogP contribution >= 0.6 is 0 Å². The number of carbonyl (C=O) groups is 2. The van der Waals surface area contributed by atoms with Crippen LogP contribution in [0.4, 0.5) is 0 Å². The molecule has 0 radical (unpaired) electrons. The van der Waals surface area contributed by atoms with Gasteiger partial charge in [-0.2, -0.15) is 0 Å². The van der Waals surface area contributed by atoms with Crippen LogP contribution < -0.4 is 10.6 Å². The fourth-order valence-electron chi connectivity index (χ4n) is 2.05. The minimum Gasteiger partial charge on any atom is -0.352 e. The molecular formula is C14H26N2O2. The van der Waals surface area contributed by atoms with E-state index in [1.807, 2.05) is 20.8 Å². The first-order valence-electron chi connectivity index (χ1n) is 6.92. The van der Waals surface area contributed by atoms with E-state index in [4.69, 9.17) is 0 Å². The Bertz CT molecular complexity index is 301. The highest BCUT2D eigenvalue weighted by atomic mass is 16.2. The zero-order valence-electron chi connectivity index (χ0n) is 12.0. The number of rotatable bonds is 3. The minimum atomic E-state index is -0.460. The van der Waals surface area contributed by atoms with Crippen LogP contribution in [-0.4, -0.2) is 23.9 Å². The van der Waals surface area contributed by atoms with Crippen molar-refractivity contribution in [3.05, 3.63) is 0 Å². The molecule has 0 spiro atoms. The Hall–Kier alpha value is -1.06. The average molecular weight is 254 g/mol. The summed E-state index contributed by atoms with van der Waals surface area (Å²) >= 11 is 0. The summed E-state index contributed by atoms with van der Waals surface area (Å²) < 4.78 is 0. The van der Waals surface area contributed by atoms with Crippen molar-refractivity contribution in [3.8, 4) is 0 Å². The summed E-state index contributed by atoms with van der Waals surface area (Å²) in [6.45, 7) is 7.26. The minimum absolute atomic E-state index is 0.0699. The third-order valence-corrected chi connectivity index (χ3v) is 3.37. The molecule has 1 aliphatic rings. The number of hydrogen-bond acceptors (Lipinski definition) is 2. The van der Waals surface area contributed by atoms with Crippen LogP contribution in [0, 0.1) is 5.41 Å². The Balaban J connectivity index is 2.39. The molecule has 104 valence electrons. The summed E-state index contributed by atoms with van der Waals surface area (Å²) in [5, 5.41) is 5.78. The monoisotopic (exact) mass is 254 g/mol. The zero-order valence-corrected chi connectivity index (χ0v) is 12.0. The van der Waals surface area contributed by atoms with E-state index < -0.39 is 11.5 Å². The molecule has 0 aromatic heterocycles. The molecule has 4 heteroatoms. The number of hydrogen-bond donors (Lipinski definition) is 2. The van der Waals surface area contributed by atoms with Crippen molar-refractivity contribution in [1.29, 1.82) is 0 Å². The van der Waals surface area contributed by atoms with E-state index in [0.717, 1.165) is 12.8 Å². The van der Waals surface area contributed by atoms with Crippen LogP contribution in [0.1, 0.15) is 59.8 Å². The predicted molar refractivity (Wildman–Crippen MR) is 72.1 cm³/mol. The number of carbonyl (C=O) groups excluding carboxylic acids is 2. The van der Waals surface area contributed by atoms with Gasteiger partial charge in [-0.1, -0.05) is 40.0 Å². The van der Waals surface area contributed by atoms with Gasteiger partial charge in [0.1, 0.15) is 6.04 Å². The highest BCUT2D eigenvalue weighted by Gasteiger charge is 2.26. The van der Waals surface area contributed by atoms with Gasteiger partial charge in [0, 0.05) is 11.5 Å². The SMILES string of the molecule is CC(NC(=O)C(C)(C)C)C(=O)NC1CCCCC1. The highest BCUT2D eigenvalue weighted by molar-refractivity contribution is 5.89. The summed E-state index contributed by atoms with van der Waals surface area (Å²) in [4.78, 5) is 23.7. The second kappa shape index (κ2) is 6.21. The molecule has 2 N–H and O–H groups in total. The van der Waals surface area contributed by atoms with Crippen LogP contribution in [0.2, 0.25) is 0 Å². The van der Waals surface area contributed by atoms with E-state index in [1.54, 1.807) is 6.92 Å². The second-order valence-corrected chi connectivity index (χ2v) is 6.29. The number of amides is 2. The lowest BCUT2D eigenvalue weighted by Gasteiger charge is -2.26. The quantitative estimate of drug-likeness (QED) is 0.809. The van der Waals surface area contributed by atoms with Gasteiger partial charge in [0.2, 0.25) is 11.8 Å². The topological polar surface area (TPSA) is 58.2 Å². The Labute approximate surface area is 110 Å². The summed E-state index contributed by atoms with van der Waals surface area (Å²) in [6, 6.07) is -0.168. The first-order chi connectivity index (χ1) is 8.30. The molecule has 1 unspecified atom stereocenters. The van der Waals surface area contributed by atoms with Crippen molar-refractivity contribution >= 4 is 11.8 Å². The average Bonchev–Trinajstić information content (AvgIpc) is 2.28. The predicted octanol–water partition coefficient (Wildman–Crippen LogP) is 1.99. The molecule has 1 aliphatic carbocycles. The van der Waals surface area contributed by atoms with E-state index in [2.05, 4.69) is 10.6 Å². The molecule has 0 heterocycles. The van der Waals surface area contributed by atoms with Gasteiger partial charge in [-0.15, -0.1) is 0 Å². The molecule has 0 aromatic carbocycles. The molecule has 4 nitrogen and oxygen atoms in total. The normalized spacial score (nSPS) is 19.1. The first-order valence-corrected chi connectivity index (χ1v) is 6.92. The van der Waals surface area contributed by atoms with Gasteiger partial charge >= 0.3 is 0 Å². The molecule has 0 bridgehead atoms. The summed E-state index contributed by atoms with van der Waals surface area (Å²) in [6.07, 6.45) is 5.77. The molecule has 0 aliphatic heterocycles. The summed E-state index contributed by atoms with van der Waals surface area (Å²) in [5.74, 6) is -0.159. The Kier molecular flexibility index (Phi) is 5.17. The van der Waals surface area contributed by atoms with Crippen molar-refractivity contribution < 1.29 is 9.59 Å². The van der Waals surface area contributed by atoms with E-state index in [-0.39, 0.29) is 11.8 Å². The van der Waals surface area contributed by atoms with Crippen LogP contribution in [-0.2, 0) is 9.59 Å². The molecule has 2 amide bonds. The highest BCUT2D eigenvalue weighted by Crippen LogP contribution is 2.17. The van der Waals surface area contributed by atoms with Gasteiger partial charge in [-0.3, -0.25) is 9.59 Å². The standard InChI is InChI=1S/C14H26N2O2/c1-10(15-13(18)14(2,3)4)12(17)16-11-8-6-5-7-9-11/h10-11H,5-9H2,1-4H3,(H,15,18)(H,16,17). The lowest BCUT2D eigenvalue weighted by atomic mass is 9.94. The van der Waals surface area contributed by atoms with Crippen LogP contribution in [0.15, 0.2) is 0 Å². The van der Waals surface area contributed by atoms with Crippen molar-refractivity contribution in [2.24, 2.45) is 5.41 Å². The van der Waals surface area contributed by atoms with Crippen molar-refractivity contribution in [1.82, 2.24) is 10.6 Å². The van der Waals surface area contributed by atoms with E-state index in [0.29, 0.717) is 6.04 Å². The maximum Gasteiger partial charge on any atom is 0.242 e. The van der Waals surface area contributed by atoms with Gasteiger partial charge in [-0.05, 0) is 19.8 Å². The lowest BCUT2D eigenvalue weighted by Crippen LogP contribution is -2.50. The van der Waals surface area contributed by atoms with E-state index >= 15 is 0 Å². The Morgan fingerprint density at radius 1 is 1.11 bits per heavy atom. The van der Waals surface area contributed by atoms with Crippen molar-refractivity contribution in [3.63, 3.8) is 0 Å². The van der Waals surface area contributed by atoms with Gasteiger partial charge in [-0.25, -0.2) is 0 Å². The third kappa shape index (κ3) is 4.67. The molecule has 1 saturated carbocycles. The smallest absolute Gasteiger partial charge is 0.242 e. The number of nitrogens with one attached hydrogen (secondary N) is 2. The summed E-state index contributed by atoms with van der Waals surface area (Å²) in [5.41, 5.74) is -0.459. The molecule has 18 heavy (non-hydrogen) atoms. The van der Waals surface area contributed by atoms with Crippen LogP contribution in [0.3, 0.4) is 0 Å². The Morgan fingerprint density at radius 3 is 2.17 bits per heavy atom. The maximum absolute atomic E-state index is 11.9. The fraction of sp³-hybridized carbons (Fsp3) is 0.857. The van der Waals surface area contributed by atoms with Gasteiger partial charge in [0.05, 0.1) is 0 Å². The van der Waals surface area contributed by atoms with E-state index in [1.165, 1.54) is 19.3 Å². The molecular weight excluding hydrogens is 228 g/mol. The summed E-state index contributed by atoms with van der Waals surface area (Å²) in [7, 11) is 0. The molecule has 1 fully saturated rings. The lowest BCUT2D eigenvalue weighted by molar-refractivity contribution is -0.133. The van der Waals surface area contributed by atoms with Crippen LogP contribution in [0.5, 0.6) is 0 Å². The Morgan fingerprint density at radius 2 is 1.67 bits per heavy atom. The van der Waals surface area contributed by atoms with Gasteiger partial charge < -0.3 is 10.6 Å². The van der Waals surface area contributed by atoms with Crippen molar-refractivity contribution in [2.75, 3.05) is 0 Å². The zero-order chi connectivity index (χ0) is 13.8. The molecule has 0 aromatic rings. The third-order valence-electron chi connectivity index (χ3n) is 3.37. The van der Waals surface area contributed by atoms with Gasteiger partial charge in [0.15, 0.2) is 0 Å². The fourth-order valence-corrected chi connectivity index (χ4v) is 2.05. The van der Waals surface area contributed by atoms with Crippen molar-refractivity contribution in [2.45, 2.75) is 71.9 Å². The van der Waals surface area contributed by atoms with E-state index in [9.17, 15) is 9.59 Å². The second-order valence-electron chi connectivity index (χ2n) is 6.29. The van der Waals surface area contributed by atoms with Gasteiger partial charge in [0.25, 0.3) is 0 Å². The maximum atomic E-state index is 11.9.